The van der Waals surface area contributed by atoms with Crippen LogP contribution < -0.4 is 10.7 Å². The summed E-state index contributed by atoms with van der Waals surface area (Å²) in [7, 11) is 0. The summed E-state index contributed by atoms with van der Waals surface area (Å²) in [6.45, 7) is 1.41. The van der Waals surface area contributed by atoms with Gasteiger partial charge in [0.05, 0.1) is 35.3 Å². The average molecular weight is 414 g/mol. The summed E-state index contributed by atoms with van der Waals surface area (Å²) in [5.41, 5.74) is 4.11. The maximum absolute atomic E-state index is 13.5. The first-order valence-electron chi connectivity index (χ1n) is 8.62. The molecule has 0 spiro atoms. The molecule has 0 bridgehead atoms. The van der Waals surface area contributed by atoms with E-state index in [9.17, 15) is 14.0 Å². The van der Waals surface area contributed by atoms with Gasteiger partial charge in [-0.1, -0.05) is 41.9 Å². The van der Waals surface area contributed by atoms with Crippen molar-refractivity contribution in [3.63, 3.8) is 0 Å². The van der Waals surface area contributed by atoms with E-state index in [4.69, 9.17) is 11.6 Å². The van der Waals surface area contributed by atoms with Crippen LogP contribution in [0.5, 0.6) is 0 Å². The Morgan fingerprint density at radius 3 is 2.59 bits per heavy atom. The van der Waals surface area contributed by atoms with Crippen LogP contribution in [0.4, 0.5) is 4.39 Å². The highest BCUT2D eigenvalue weighted by atomic mass is 35.5. The Morgan fingerprint density at radius 1 is 1.17 bits per heavy atom. The number of hydrogen-bond acceptors (Lipinski definition) is 4. The lowest BCUT2D eigenvalue weighted by Crippen LogP contribution is -2.35. The highest BCUT2D eigenvalue weighted by molar-refractivity contribution is 6.32. The Balaban J connectivity index is 1.59. The van der Waals surface area contributed by atoms with Crippen molar-refractivity contribution in [1.82, 2.24) is 20.5 Å². The van der Waals surface area contributed by atoms with Gasteiger partial charge in [0, 0.05) is 0 Å². The first-order valence-corrected chi connectivity index (χ1v) is 9.00. The fourth-order valence-corrected chi connectivity index (χ4v) is 2.83. The number of hydrogen-bond donors (Lipinski definition) is 2. The Kier molecular flexibility index (Phi) is 6.36. The highest BCUT2D eigenvalue weighted by Crippen LogP contribution is 2.21. The molecule has 2 N–H and O–H groups in total. The van der Waals surface area contributed by atoms with E-state index >= 15 is 0 Å². The summed E-state index contributed by atoms with van der Waals surface area (Å²) < 4.78 is 15.1. The Hall–Kier alpha value is -3.52. The molecule has 0 fully saturated rings. The molecular weight excluding hydrogens is 397 g/mol. The molecule has 0 aliphatic carbocycles. The smallest absolute Gasteiger partial charge is 0.259 e. The van der Waals surface area contributed by atoms with Crippen molar-refractivity contribution in [2.24, 2.45) is 5.10 Å². The summed E-state index contributed by atoms with van der Waals surface area (Å²) >= 11 is 6.37. The van der Waals surface area contributed by atoms with E-state index in [2.05, 4.69) is 20.9 Å². The quantitative estimate of drug-likeness (QED) is 0.481. The van der Waals surface area contributed by atoms with Crippen LogP contribution >= 0.6 is 11.6 Å². The Bertz CT molecular complexity index is 1070. The van der Waals surface area contributed by atoms with Gasteiger partial charge >= 0.3 is 0 Å². The van der Waals surface area contributed by atoms with Crippen LogP contribution in [-0.4, -0.2) is 34.4 Å². The number of benzene rings is 2. The summed E-state index contributed by atoms with van der Waals surface area (Å²) in [6.07, 6.45) is 1.38. The number of carbonyl (C=O) groups excluding carboxylic acids is 2. The van der Waals surface area contributed by atoms with Crippen molar-refractivity contribution >= 4 is 29.6 Å². The number of para-hydroxylation sites is 1. The summed E-state index contributed by atoms with van der Waals surface area (Å²) in [5, 5.41) is 10.9. The molecule has 2 amide bonds. The van der Waals surface area contributed by atoms with E-state index in [0.717, 1.165) is 5.69 Å². The minimum Gasteiger partial charge on any atom is -0.343 e. The van der Waals surface area contributed by atoms with Crippen LogP contribution in [0.25, 0.3) is 5.69 Å². The molecule has 3 rings (SSSR count). The molecule has 0 aliphatic rings. The van der Waals surface area contributed by atoms with Crippen LogP contribution in [0.3, 0.4) is 0 Å². The SMILES string of the molecule is Cc1nn(-c2ccccc2)c(Cl)c1/C=N\NC(=O)CNC(=O)c1ccccc1F. The van der Waals surface area contributed by atoms with Crippen molar-refractivity contribution in [3.8, 4) is 5.69 Å². The zero-order valence-corrected chi connectivity index (χ0v) is 16.2. The number of halogens is 2. The summed E-state index contributed by atoms with van der Waals surface area (Å²) in [5.74, 6) is -1.93. The highest BCUT2D eigenvalue weighted by Gasteiger charge is 2.14. The van der Waals surface area contributed by atoms with Gasteiger partial charge in [-0.2, -0.15) is 10.2 Å². The molecule has 0 saturated heterocycles. The third-order valence-electron chi connectivity index (χ3n) is 3.96. The molecule has 29 heavy (non-hydrogen) atoms. The molecule has 0 radical (unpaired) electrons. The fraction of sp³-hybridized carbons (Fsp3) is 0.100. The standard InChI is InChI=1S/C20H17ClFN5O2/c1-13-16(19(21)27(26-13)14-7-3-2-4-8-14)11-24-25-18(28)12-23-20(29)15-9-5-6-10-17(15)22/h2-11H,12H2,1H3,(H,23,29)(H,25,28)/b24-11-. The molecule has 0 unspecified atom stereocenters. The molecule has 0 saturated carbocycles. The molecule has 0 atom stereocenters. The van der Waals surface area contributed by atoms with Crippen molar-refractivity contribution in [2.75, 3.05) is 6.54 Å². The molecular formula is C20H17ClFN5O2. The van der Waals surface area contributed by atoms with Gasteiger partial charge in [0.15, 0.2) is 0 Å². The van der Waals surface area contributed by atoms with Crippen LogP contribution in [-0.2, 0) is 4.79 Å². The first-order chi connectivity index (χ1) is 14.0. The van der Waals surface area contributed by atoms with E-state index in [0.29, 0.717) is 16.4 Å². The second-order valence-electron chi connectivity index (χ2n) is 5.99. The first kappa shape index (κ1) is 20.2. The number of aromatic nitrogens is 2. The number of hydrazone groups is 1. The van der Waals surface area contributed by atoms with Gasteiger partial charge in [-0.15, -0.1) is 0 Å². The third-order valence-corrected chi connectivity index (χ3v) is 4.32. The molecule has 3 aromatic rings. The number of aryl methyl sites for hydroxylation is 1. The molecule has 148 valence electrons. The van der Waals surface area contributed by atoms with Crippen molar-refractivity contribution in [3.05, 3.63) is 82.4 Å². The number of amides is 2. The zero-order valence-electron chi connectivity index (χ0n) is 15.4. The van der Waals surface area contributed by atoms with Gasteiger partial charge in [0.2, 0.25) is 0 Å². The maximum atomic E-state index is 13.5. The van der Waals surface area contributed by atoms with E-state index in [-0.39, 0.29) is 12.1 Å². The lowest BCUT2D eigenvalue weighted by atomic mass is 10.2. The minimum atomic E-state index is -0.690. The van der Waals surface area contributed by atoms with Crippen LogP contribution in [0.2, 0.25) is 5.15 Å². The second-order valence-corrected chi connectivity index (χ2v) is 6.35. The predicted octanol–water partition coefficient (Wildman–Crippen LogP) is 2.85. The third kappa shape index (κ3) is 4.85. The summed E-state index contributed by atoms with van der Waals surface area (Å²) in [6, 6.07) is 14.8. The monoisotopic (exact) mass is 413 g/mol. The van der Waals surface area contributed by atoms with Gasteiger partial charge in [0.25, 0.3) is 11.8 Å². The lowest BCUT2D eigenvalue weighted by Gasteiger charge is -2.05. The van der Waals surface area contributed by atoms with Crippen molar-refractivity contribution in [1.29, 1.82) is 0 Å². The van der Waals surface area contributed by atoms with E-state index in [1.807, 2.05) is 30.3 Å². The van der Waals surface area contributed by atoms with Crippen molar-refractivity contribution in [2.45, 2.75) is 6.92 Å². The van der Waals surface area contributed by atoms with E-state index in [1.165, 1.54) is 30.5 Å². The van der Waals surface area contributed by atoms with E-state index in [1.54, 1.807) is 11.6 Å². The Labute approximate surface area is 171 Å². The number of rotatable bonds is 6. The molecule has 9 heteroatoms. The van der Waals surface area contributed by atoms with Gasteiger partial charge < -0.3 is 5.32 Å². The van der Waals surface area contributed by atoms with Gasteiger partial charge in [0.1, 0.15) is 11.0 Å². The zero-order chi connectivity index (χ0) is 20.8. The summed E-state index contributed by atoms with van der Waals surface area (Å²) in [4.78, 5) is 23.8. The molecule has 2 aromatic carbocycles. The molecule has 1 heterocycles. The fourth-order valence-electron chi connectivity index (χ4n) is 2.51. The number of carbonyl (C=O) groups is 2. The van der Waals surface area contributed by atoms with Crippen molar-refractivity contribution < 1.29 is 14.0 Å². The van der Waals surface area contributed by atoms with E-state index < -0.39 is 17.6 Å². The molecule has 1 aromatic heterocycles. The maximum Gasteiger partial charge on any atom is 0.259 e. The number of nitrogens with one attached hydrogen (secondary N) is 2. The van der Waals surface area contributed by atoms with Gasteiger partial charge in [-0.25, -0.2) is 14.5 Å². The number of nitrogens with zero attached hydrogens (tertiary/aromatic N) is 3. The predicted molar refractivity (Wildman–Crippen MR) is 108 cm³/mol. The van der Waals surface area contributed by atoms with Crippen LogP contribution in [0.1, 0.15) is 21.6 Å². The minimum absolute atomic E-state index is 0.139. The molecule has 7 nitrogen and oxygen atoms in total. The lowest BCUT2D eigenvalue weighted by molar-refractivity contribution is -0.120. The average Bonchev–Trinajstić information content (AvgIpc) is 3.01. The topological polar surface area (TPSA) is 88.4 Å². The second kappa shape index (κ2) is 9.11. The van der Waals surface area contributed by atoms with Gasteiger partial charge in [-0.3, -0.25) is 9.59 Å². The van der Waals surface area contributed by atoms with Gasteiger partial charge in [-0.05, 0) is 31.2 Å². The van der Waals surface area contributed by atoms with Crippen LogP contribution in [0, 0.1) is 12.7 Å². The Morgan fingerprint density at radius 2 is 1.86 bits per heavy atom. The molecule has 0 aliphatic heterocycles. The largest absolute Gasteiger partial charge is 0.343 e. The normalized spacial score (nSPS) is 10.9. The van der Waals surface area contributed by atoms with Crippen LogP contribution in [0.15, 0.2) is 59.7 Å².